The van der Waals surface area contributed by atoms with E-state index in [1.54, 1.807) is 42.7 Å². The molecule has 0 radical (unpaired) electrons. The SMILES string of the molecule is COc1cccc(C(=O)N(CCCn2ccnc2)c2nc3c(C)ccc(Cl)c3s2)c1OC.Cl. The quantitative estimate of drug-likeness (QED) is 0.309. The second-order valence-electron chi connectivity index (χ2n) is 7.19. The minimum absolute atomic E-state index is 0. The number of imidazole rings is 1. The molecule has 0 saturated heterocycles. The van der Waals surface area contributed by atoms with Crippen molar-refractivity contribution < 1.29 is 14.3 Å². The van der Waals surface area contributed by atoms with Crippen LogP contribution in [0.5, 0.6) is 11.5 Å². The molecule has 0 saturated carbocycles. The van der Waals surface area contributed by atoms with Crippen LogP contribution in [-0.4, -0.2) is 41.2 Å². The van der Waals surface area contributed by atoms with Gasteiger partial charge in [0.25, 0.3) is 5.91 Å². The van der Waals surface area contributed by atoms with Crippen LogP contribution in [-0.2, 0) is 6.54 Å². The molecule has 0 aliphatic carbocycles. The van der Waals surface area contributed by atoms with Crippen molar-refractivity contribution in [2.75, 3.05) is 25.7 Å². The molecule has 2 aromatic heterocycles. The summed E-state index contributed by atoms with van der Waals surface area (Å²) >= 11 is 7.83. The standard InChI is InChI=1S/C23H23ClN4O3S.ClH/c1-15-8-9-17(24)21-19(15)26-23(32-21)28(12-5-11-27-13-10-25-14-27)22(29)16-6-4-7-18(30-2)20(16)31-3;/h4,6-10,13-14H,5,11-12H2,1-3H3;1H. The third-order valence-electron chi connectivity index (χ3n) is 5.15. The summed E-state index contributed by atoms with van der Waals surface area (Å²) in [6.07, 6.45) is 6.12. The predicted octanol–water partition coefficient (Wildman–Crippen LogP) is 5.63. The number of thiazole rings is 1. The number of anilines is 1. The molecule has 0 atom stereocenters. The first-order chi connectivity index (χ1) is 15.5. The maximum atomic E-state index is 13.7. The molecule has 2 heterocycles. The summed E-state index contributed by atoms with van der Waals surface area (Å²) in [4.78, 5) is 24.3. The van der Waals surface area contributed by atoms with E-state index >= 15 is 0 Å². The lowest BCUT2D eigenvalue weighted by Gasteiger charge is -2.22. The van der Waals surface area contributed by atoms with Crippen LogP contribution >= 0.6 is 35.3 Å². The van der Waals surface area contributed by atoms with Crippen LogP contribution in [0.15, 0.2) is 49.1 Å². The lowest BCUT2D eigenvalue weighted by atomic mass is 10.1. The first-order valence-corrected chi connectivity index (χ1v) is 11.3. The Bertz CT molecular complexity index is 1210. The lowest BCUT2D eigenvalue weighted by molar-refractivity contribution is 0.0982. The van der Waals surface area contributed by atoms with Crippen LogP contribution in [0.3, 0.4) is 0 Å². The Labute approximate surface area is 207 Å². The fraction of sp³-hybridized carbons (Fsp3) is 0.261. The molecule has 0 fully saturated rings. The second-order valence-corrected chi connectivity index (χ2v) is 8.58. The van der Waals surface area contributed by atoms with Gasteiger partial charge in [0.2, 0.25) is 0 Å². The van der Waals surface area contributed by atoms with Gasteiger partial charge in [-0.05, 0) is 37.1 Å². The highest BCUT2D eigenvalue weighted by Gasteiger charge is 2.26. The highest BCUT2D eigenvalue weighted by Crippen LogP contribution is 2.38. The number of fused-ring (bicyclic) bond motifs is 1. The van der Waals surface area contributed by atoms with E-state index in [-0.39, 0.29) is 18.3 Å². The van der Waals surface area contributed by atoms with Crippen LogP contribution in [0.25, 0.3) is 10.2 Å². The number of hydrogen-bond acceptors (Lipinski definition) is 6. The lowest BCUT2D eigenvalue weighted by Crippen LogP contribution is -2.32. The summed E-state index contributed by atoms with van der Waals surface area (Å²) in [5, 5.41) is 1.22. The fourth-order valence-corrected chi connectivity index (χ4v) is 4.86. The number of carbonyl (C=O) groups excluding carboxylic acids is 1. The predicted molar refractivity (Wildman–Crippen MR) is 135 cm³/mol. The summed E-state index contributed by atoms with van der Waals surface area (Å²) in [6.45, 7) is 3.18. The van der Waals surface area contributed by atoms with E-state index in [4.69, 9.17) is 26.1 Å². The van der Waals surface area contributed by atoms with Crippen molar-refractivity contribution in [2.45, 2.75) is 19.9 Å². The number of amides is 1. The van der Waals surface area contributed by atoms with Crippen molar-refractivity contribution >= 4 is 56.6 Å². The molecular weight excluding hydrogens is 483 g/mol. The number of nitrogens with zero attached hydrogens (tertiary/aromatic N) is 4. The van der Waals surface area contributed by atoms with Crippen LogP contribution in [0, 0.1) is 6.92 Å². The smallest absolute Gasteiger partial charge is 0.263 e. The molecule has 33 heavy (non-hydrogen) atoms. The Balaban J connectivity index is 0.00000306. The van der Waals surface area contributed by atoms with Gasteiger partial charge in [0, 0.05) is 25.5 Å². The summed E-state index contributed by atoms with van der Waals surface area (Å²) < 4.78 is 13.7. The van der Waals surface area contributed by atoms with E-state index in [9.17, 15) is 4.79 Å². The number of aryl methyl sites for hydroxylation is 2. The molecule has 0 unspecified atom stereocenters. The third-order valence-corrected chi connectivity index (χ3v) is 6.69. The van der Waals surface area contributed by atoms with E-state index in [0.717, 1.165) is 28.7 Å². The summed E-state index contributed by atoms with van der Waals surface area (Å²) in [5.74, 6) is 0.689. The average molecular weight is 507 g/mol. The molecule has 4 aromatic rings. The number of aromatic nitrogens is 3. The molecule has 0 N–H and O–H groups in total. The van der Waals surface area contributed by atoms with Crippen LogP contribution in [0.4, 0.5) is 5.13 Å². The monoisotopic (exact) mass is 506 g/mol. The Morgan fingerprint density at radius 1 is 1.21 bits per heavy atom. The molecule has 4 rings (SSSR count). The highest BCUT2D eigenvalue weighted by atomic mass is 35.5. The molecule has 10 heteroatoms. The Morgan fingerprint density at radius 2 is 2.03 bits per heavy atom. The molecule has 0 aliphatic rings. The topological polar surface area (TPSA) is 69.5 Å². The van der Waals surface area contributed by atoms with E-state index in [1.807, 2.05) is 29.8 Å². The molecule has 2 aromatic carbocycles. The van der Waals surface area contributed by atoms with Crippen LogP contribution < -0.4 is 14.4 Å². The summed E-state index contributed by atoms with van der Waals surface area (Å²) in [6, 6.07) is 9.07. The van der Waals surface area contributed by atoms with Gasteiger partial charge >= 0.3 is 0 Å². The van der Waals surface area contributed by atoms with E-state index < -0.39 is 0 Å². The van der Waals surface area contributed by atoms with Gasteiger partial charge in [-0.15, -0.1) is 12.4 Å². The Morgan fingerprint density at radius 3 is 2.70 bits per heavy atom. The first kappa shape index (κ1) is 24.8. The van der Waals surface area contributed by atoms with E-state index in [1.165, 1.54) is 18.4 Å². The largest absolute Gasteiger partial charge is 0.493 e. The van der Waals surface area contributed by atoms with Gasteiger partial charge in [-0.3, -0.25) is 9.69 Å². The van der Waals surface area contributed by atoms with Crippen LogP contribution in [0.2, 0.25) is 5.02 Å². The zero-order chi connectivity index (χ0) is 22.7. The number of ether oxygens (including phenoxy) is 2. The van der Waals surface area contributed by atoms with Gasteiger partial charge in [0.15, 0.2) is 16.6 Å². The van der Waals surface area contributed by atoms with Gasteiger partial charge in [0.1, 0.15) is 0 Å². The van der Waals surface area contributed by atoms with Crippen molar-refractivity contribution in [3.05, 3.63) is 65.2 Å². The number of methoxy groups -OCH3 is 2. The minimum atomic E-state index is -0.209. The van der Waals surface area contributed by atoms with Gasteiger partial charge in [-0.1, -0.05) is 35.1 Å². The normalized spacial score (nSPS) is 10.7. The number of rotatable bonds is 8. The number of para-hydroxylation sites is 1. The number of halogens is 2. The summed E-state index contributed by atoms with van der Waals surface area (Å²) in [7, 11) is 3.08. The minimum Gasteiger partial charge on any atom is -0.493 e. The van der Waals surface area contributed by atoms with Crippen LogP contribution in [0.1, 0.15) is 22.3 Å². The van der Waals surface area contributed by atoms with Crippen molar-refractivity contribution in [3.8, 4) is 11.5 Å². The van der Waals surface area contributed by atoms with Crippen molar-refractivity contribution in [1.82, 2.24) is 14.5 Å². The first-order valence-electron chi connectivity index (χ1n) is 10.1. The van der Waals surface area contributed by atoms with Gasteiger partial charge in [-0.25, -0.2) is 9.97 Å². The maximum Gasteiger partial charge on any atom is 0.263 e. The van der Waals surface area contributed by atoms with Gasteiger partial charge in [-0.2, -0.15) is 0 Å². The van der Waals surface area contributed by atoms with Gasteiger partial charge < -0.3 is 14.0 Å². The Kier molecular flexibility index (Phi) is 8.18. The summed E-state index contributed by atoms with van der Waals surface area (Å²) in [5.41, 5.74) is 2.23. The third kappa shape index (κ3) is 5.08. The number of hydrogen-bond donors (Lipinski definition) is 0. The van der Waals surface area contributed by atoms with Crippen molar-refractivity contribution in [2.24, 2.45) is 0 Å². The molecule has 0 spiro atoms. The van der Waals surface area contributed by atoms with E-state index in [0.29, 0.717) is 33.8 Å². The molecular formula is C23H24Cl2N4O3S. The fourth-order valence-electron chi connectivity index (χ4n) is 3.52. The maximum absolute atomic E-state index is 13.7. The molecule has 0 aliphatic heterocycles. The van der Waals surface area contributed by atoms with Crippen molar-refractivity contribution in [3.63, 3.8) is 0 Å². The molecule has 7 nitrogen and oxygen atoms in total. The highest BCUT2D eigenvalue weighted by molar-refractivity contribution is 7.23. The number of benzene rings is 2. The molecule has 1 amide bonds. The molecule has 0 bridgehead atoms. The van der Waals surface area contributed by atoms with Gasteiger partial charge in [0.05, 0.1) is 41.3 Å². The molecule has 174 valence electrons. The van der Waals surface area contributed by atoms with Crippen molar-refractivity contribution in [1.29, 1.82) is 0 Å². The zero-order valence-electron chi connectivity index (χ0n) is 18.4. The average Bonchev–Trinajstić information content (AvgIpc) is 3.49. The zero-order valence-corrected chi connectivity index (χ0v) is 20.8. The number of carbonyl (C=O) groups is 1. The van der Waals surface area contributed by atoms with E-state index in [2.05, 4.69) is 4.98 Å². The second kappa shape index (κ2) is 10.9. The Hall–Kier alpha value is -2.81.